The molecule has 1 amide bonds. The molecule has 2 aromatic rings. The molecule has 2 nitrogen and oxygen atoms in total. The molecule has 94 valence electrons. The van der Waals surface area contributed by atoms with Crippen molar-refractivity contribution in [1.29, 1.82) is 0 Å². The van der Waals surface area contributed by atoms with Crippen molar-refractivity contribution in [2.24, 2.45) is 0 Å². The van der Waals surface area contributed by atoms with Crippen molar-refractivity contribution < 1.29 is 4.79 Å². The number of benzene rings is 2. The molecule has 2 aromatic carbocycles. The van der Waals surface area contributed by atoms with E-state index in [1.54, 1.807) is 17.8 Å². The van der Waals surface area contributed by atoms with Gasteiger partial charge in [0.05, 0.1) is 5.56 Å². The van der Waals surface area contributed by atoms with Crippen LogP contribution in [-0.2, 0) is 0 Å². The number of thioether (sulfide) groups is 1. The van der Waals surface area contributed by atoms with Crippen LogP contribution in [0.5, 0.6) is 0 Å². The van der Waals surface area contributed by atoms with Crippen LogP contribution in [0, 0.1) is 12.3 Å². The number of hydrogen-bond donors (Lipinski definition) is 1. The molecule has 0 bridgehead atoms. The highest BCUT2D eigenvalue weighted by Crippen LogP contribution is 2.21. The van der Waals surface area contributed by atoms with Gasteiger partial charge in [-0.05, 0) is 36.6 Å². The van der Waals surface area contributed by atoms with Gasteiger partial charge >= 0.3 is 0 Å². The Balaban J connectivity index is 2.23. The van der Waals surface area contributed by atoms with Gasteiger partial charge in [-0.25, -0.2) is 0 Å². The van der Waals surface area contributed by atoms with Crippen LogP contribution in [-0.4, -0.2) is 12.2 Å². The molecule has 0 saturated heterocycles. The van der Waals surface area contributed by atoms with Crippen LogP contribution in [0.1, 0.15) is 15.9 Å². The monoisotopic (exact) mass is 267 g/mol. The Kier molecular flexibility index (Phi) is 4.27. The van der Waals surface area contributed by atoms with E-state index in [0.29, 0.717) is 11.3 Å². The molecule has 1 N–H and O–H groups in total. The summed E-state index contributed by atoms with van der Waals surface area (Å²) in [5.41, 5.74) is 2.12. The molecule has 0 unspecified atom stereocenters. The highest BCUT2D eigenvalue weighted by Gasteiger charge is 2.10. The Labute approximate surface area is 117 Å². The summed E-state index contributed by atoms with van der Waals surface area (Å²) < 4.78 is 0. The second-order valence-corrected chi connectivity index (χ2v) is 4.73. The summed E-state index contributed by atoms with van der Waals surface area (Å²) in [6.07, 6.45) is 7.29. The number of anilines is 1. The molecular formula is C16H13NOS. The maximum atomic E-state index is 12.2. The maximum absolute atomic E-state index is 12.2. The highest BCUT2D eigenvalue weighted by atomic mass is 32.2. The lowest BCUT2D eigenvalue weighted by atomic mass is 10.2. The molecule has 0 spiro atoms. The first-order chi connectivity index (χ1) is 9.24. The van der Waals surface area contributed by atoms with Gasteiger partial charge in [0.1, 0.15) is 0 Å². The van der Waals surface area contributed by atoms with Gasteiger partial charge in [-0.2, -0.15) is 0 Å². The molecule has 0 aromatic heterocycles. The van der Waals surface area contributed by atoms with Gasteiger partial charge < -0.3 is 5.32 Å². The summed E-state index contributed by atoms with van der Waals surface area (Å²) in [6, 6.07) is 14.8. The number of amides is 1. The molecule has 2 rings (SSSR count). The van der Waals surface area contributed by atoms with Crippen LogP contribution >= 0.6 is 11.8 Å². The molecule has 0 saturated carbocycles. The third-order valence-corrected chi connectivity index (χ3v) is 3.43. The maximum Gasteiger partial charge on any atom is 0.256 e. The molecule has 0 heterocycles. The van der Waals surface area contributed by atoms with Crippen molar-refractivity contribution >= 4 is 23.4 Å². The molecule has 0 atom stereocenters. The lowest BCUT2D eigenvalue weighted by Gasteiger charge is -2.08. The standard InChI is InChI=1S/C16H13NOS/c1-3-12-7-6-8-13(11-12)17-16(18)14-9-4-5-10-15(14)19-2/h1,4-11H,2H3,(H,17,18). The highest BCUT2D eigenvalue weighted by molar-refractivity contribution is 7.98. The normalized spacial score (nSPS) is 9.68. The molecule has 0 aliphatic heterocycles. The Morgan fingerprint density at radius 1 is 1.21 bits per heavy atom. The number of nitrogens with one attached hydrogen (secondary N) is 1. The molecule has 0 radical (unpaired) electrons. The minimum Gasteiger partial charge on any atom is -0.322 e. The topological polar surface area (TPSA) is 29.1 Å². The Bertz CT molecular complexity index is 643. The van der Waals surface area contributed by atoms with E-state index in [1.807, 2.05) is 48.7 Å². The Hall–Kier alpha value is -2.18. The van der Waals surface area contributed by atoms with E-state index in [9.17, 15) is 4.79 Å². The molecule has 0 aliphatic carbocycles. The van der Waals surface area contributed by atoms with Gasteiger partial charge in [-0.15, -0.1) is 18.2 Å². The van der Waals surface area contributed by atoms with Crippen molar-refractivity contribution in [3.8, 4) is 12.3 Å². The van der Waals surface area contributed by atoms with Gasteiger partial charge in [0.15, 0.2) is 0 Å². The summed E-state index contributed by atoms with van der Waals surface area (Å²) in [5.74, 6) is 2.42. The molecule has 3 heteroatoms. The molecule has 19 heavy (non-hydrogen) atoms. The fourth-order valence-corrected chi connectivity index (χ4v) is 2.31. The largest absolute Gasteiger partial charge is 0.322 e. The zero-order chi connectivity index (χ0) is 13.7. The second-order valence-electron chi connectivity index (χ2n) is 3.88. The first-order valence-electron chi connectivity index (χ1n) is 5.75. The summed E-state index contributed by atoms with van der Waals surface area (Å²) in [6.45, 7) is 0. The number of hydrogen-bond acceptors (Lipinski definition) is 2. The first-order valence-corrected chi connectivity index (χ1v) is 6.98. The Morgan fingerprint density at radius 3 is 2.74 bits per heavy atom. The number of carbonyl (C=O) groups excluding carboxylic acids is 1. The van der Waals surface area contributed by atoms with E-state index >= 15 is 0 Å². The average molecular weight is 267 g/mol. The van der Waals surface area contributed by atoms with Crippen LogP contribution in [0.3, 0.4) is 0 Å². The van der Waals surface area contributed by atoms with E-state index < -0.39 is 0 Å². The van der Waals surface area contributed by atoms with Crippen molar-refractivity contribution in [3.05, 3.63) is 59.7 Å². The van der Waals surface area contributed by atoms with Gasteiger partial charge in [0, 0.05) is 16.1 Å². The summed E-state index contributed by atoms with van der Waals surface area (Å²) in [7, 11) is 0. The summed E-state index contributed by atoms with van der Waals surface area (Å²) in [4.78, 5) is 13.2. The Morgan fingerprint density at radius 2 is 2.00 bits per heavy atom. The van der Waals surface area contributed by atoms with Crippen LogP contribution in [0.25, 0.3) is 0 Å². The molecular weight excluding hydrogens is 254 g/mol. The summed E-state index contributed by atoms with van der Waals surface area (Å²) >= 11 is 1.55. The van der Waals surface area contributed by atoms with E-state index in [-0.39, 0.29) is 5.91 Å². The molecule has 0 aliphatic rings. The summed E-state index contributed by atoms with van der Waals surface area (Å²) in [5, 5.41) is 2.86. The zero-order valence-electron chi connectivity index (χ0n) is 10.5. The fourth-order valence-electron chi connectivity index (χ4n) is 1.72. The van der Waals surface area contributed by atoms with E-state index in [2.05, 4.69) is 11.2 Å². The quantitative estimate of drug-likeness (QED) is 0.679. The third-order valence-electron chi connectivity index (χ3n) is 2.64. The van der Waals surface area contributed by atoms with E-state index in [1.165, 1.54) is 0 Å². The van der Waals surface area contributed by atoms with Crippen molar-refractivity contribution in [2.45, 2.75) is 4.90 Å². The minimum atomic E-state index is -0.126. The molecule has 0 fully saturated rings. The lowest BCUT2D eigenvalue weighted by Crippen LogP contribution is -2.12. The van der Waals surface area contributed by atoms with Crippen molar-refractivity contribution in [1.82, 2.24) is 0 Å². The predicted octanol–water partition coefficient (Wildman–Crippen LogP) is 3.64. The second kappa shape index (κ2) is 6.12. The zero-order valence-corrected chi connectivity index (χ0v) is 11.3. The average Bonchev–Trinajstić information content (AvgIpc) is 2.47. The predicted molar refractivity (Wildman–Crippen MR) is 80.6 cm³/mol. The van der Waals surface area contributed by atoms with E-state index in [0.717, 1.165) is 10.5 Å². The number of rotatable bonds is 3. The van der Waals surface area contributed by atoms with Crippen LogP contribution < -0.4 is 5.32 Å². The smallest absolute Gasteiger partial charge is 0.256 e. The fraction of sp³-hybridized carbons (Fsp3) is 0.0625. The number of carbonyl (C=O) groups is 1. The van der Waals surface area contributed by atoms with Crippen LogP contribution in [0.4, 0.5) is 5.69 Å². The third kappa shape index (κ3) is 3.18. The van der Waals surface area contributed by atoms with Crippen LogP contribution in [0.2, 0.25) is 0 Å². The van der Waals surface area contributed by atoms with E-state index in [4.69, 9.17) is 6.42 Å². The number of terminal acetylenes is 1. The van der Waals surface area contributed by atoms with Crippen LogP contribution in [0.15, 0.2) is 53.4 Å². The lowest BCUT2D eigenvalue weighted by molar-refractivity contribution is 0.102. The SMILES string of the molecule is C#Cc1cccc(NC(=O)c2ccccc2SC)c1. The van der Waals surface area contributed by atoms with Gasteiger partial charge in [-0.1, -0.05) is 24.1 Å². The van der Waals surface area contributed by atoms with Gasteiger partial charge in [-0.3, -0.25) is 4.79 Å². The minimum absolute atomic E-state index is 0.126. The van der Waals surface area contributed by atoms with Gasteiger partial charge in [0.2, 0.25) is 0 Å². The van der Waals surface area contributed by atoms with Gasteiger partial charge in [0.25, 0.3) is 5.91 Å². The van der Waals surface area contributed by atoms with Crippen molar-refractivity contribution in [2.75, 3.05) is 11.6 Å². The van der Waals surface area contributed by atoms with Crippen molar-refractivity contribution in [3.63, 3.8) is 0 Å². The first kappa shape index (κ1) is 13.3.